The van der Waals surface area contributed by atoms with E-state index in [-0.39, 0.29) is 17.6 Å². The van der Waals surface area contributed by atoms with Gasteiger partial charge in [-0.1, -0.05) is 20.8 Å². The Balaban J connectivity index is 2.17. The van der Waals surface area contributed by atoms with Crippen molar-refractivity contribution in [2.24, 2.45) is 11.1 Å². The second-order valence-electron chi connectivity index (χ2n) is 9.77. The number of benzene rings is 1. The molecule has 1 aromatic carbocycles. The summed E-state index contributed by atoms with van der Waals surface area (Å²) in [4.78, 5) is 13.5. The first-order valence-electron chi connectivity index (χ1n) is 11.5. The van der Waals surface area contributed by atoms with Crippen LogP contribution in [0, 0.1) is 5.41 Å². The van der Waals surface area contributed by atoms with Gasteiger partial charge in [0, 0.05) is 37.5 Å². The third kappa shape index (κ3) is 8.70. The molecule has 33 heavy (non-hydrogen) atoms. The first kappa shape index (κ1) is 26.7. The molecule has 8 nitrogen and oxygen atoms in total. The number of amides is 1. The van der Waals surface area contributed by atoms with Crippen molar-refractivity contribution in [3.8, 4) is 17.0 Å². The molecule has 2 aromatic rings. The van der Waals surface area contributed by atoms with E-state index in [1.54, 1.807) is 7.11 Å². The Morgan fingerprint density at radius 3 is 2.42 bits per heavy atom. The summed E-state index contributed by atoms with van der Waals surface area (Å²) in [6.07, 6.45) is 1.91. The fourth-order valence-electron chi connectivity index (χ4n) is 3.60. The predicted octanol–water partition coefficient (Wildman–Crippen LogP) is 4.32. The van der Waals surface area contributed by atoms with E-state index >= 15 is 0 Å². The molecule has 2 N–H and O–H groups in total. The van der Waals surface area contributed by atoms with Gasteiger partial charge >= 0.3 is 6.09 Å². The number of hydrogen-bond acceptors (Lipinski definition) is 6. The van der Waals surface area contributed by atoms with Crippen molar-refractivity contribution in [1.29, 1.82) is 0 Å². The van der Waals surface area contributed by atoms with Gasteiger partial charge in [0.15, 0.2) is 0 Å². The van der Waals surface area contributed by atoms with Gasteiger partial charge in [0.1, 0.15) is 11.9 Å². The minimum atomic E-state index is -0.732. The Morgan fingerprint density at radius 2 is 1.88 bits per heavy atom. The maximum Gasteiger partial charge on any atom is 0.404 e. The Morgan fingerprint density at radius 1 is 1.21 bits per heavy atom. The second kappa shape index (κ2) is 12.0. The van der Waals surface area contributed by atoms with Crippen molar-refractivity contribution in [1.82, 2.24) is 14.7 Å². The number of carbonyl (C=O) groups is 1. The Hall–Kier alpha value is -2.58. The van der Waals surface area contributed by atoms with E-state index in [1.807, 2.05) is 63.6 Å². The topological polar surface area (TPSA) is 91.8 Å². The summed E-state index contributed by atoms with van der Waals surface area (Å²) in [6.45, 7) is 12.9. The van der Waals surface area contributed by atoms with E-state index in [2.05, 4.69) is 18.1 Å². The van der Waals surface area contributed by atoms with Gasteiger partial charge in [-0.15, -0.1) is 0 Å². The zero-order chi connectivity index (χ0) is 24.6. The highest BCUT2D eigenvalue weighted by Gasteiger charge is 2.28. The normalized spacial score (nSPS) is 12.9. The van der Waals surface area contributed by atoms with E-state index < -0.39 is 6.09 Å². The average molecular weight is 461 g/mol. The van der Waals surface area contributed by atoms with Crippen LogP contribution in [0.4, 0.5) is 4.79 Å². The number of nitrogens with two attached hydrogens (primary N) is 1. The molecule has 8 heteroatoms. The first-order chi connectivity index (χ1) is 15.5. The zero-order valence-corrected chi connectivity index (χ0v) is 21.1. The Labute approximate surface area is 198 Å². The smallest absolute Gasteiger partial charge is 0.404 e. The molecule has 0 spiro atoms. The number of ether oxygens (including phenoxy) is 3. The quantitative estimate of drug-likeness (QED) is 0.507. The highest BCUT2D eigenvalue weighted by molar-refractivity contribution is 5.65. The summed E-state index contributed by atoms with van der Waals surface area (Å²) < 4.78 is 18.3. The van der Waals surface area contributed by atoms with Gasteiger partial charge in [-0.05, 0) is 57.0 Å². The average Bonchev–Trinajstić information content (AvgIpc) is 3.11. The number of primary amides is 1. The molecular formula is C25H40N4O4. The van der Waals surface area contributed by atoms with E-state index in [9.17, 15) is 4.79 Å². The van der Waals surface area contributed by atoms with E-state index in [0.29, 0.717) is 26.1 Å². The molecule has 0 aliphatic carbocycles. The minimum absolute atomic E-state index is 0.129. The molecule has 1 heterocycles. The zero-order valence-electron chi connectivity index (χ0n) is 21.1. The maximum absolute atomic E-state index is 11.3. The molecule has 0 fully saturated rings. The molecule has 184 valence electrons. The number of rotatable bonds is 12. The Kier molecular flexibility index (Phi) is 9.73. The number of carbonyl (C=O) groups excluding carboxylic acids is 1. The lowest BCUT2D eigenvalue weighted by molar-refractivity contribution is 0.0256. The minimum Gasteiger partial charge on any atom is -0.491 e. The standard InChI is InChI=1S/C25H40N4O4/c1-18(2)32-21-10-8-19(9-11-21)23-20(17-29(27-23)14-15-31-7)16-28(6)13-12-22(25(3,4)5)33-24(26)30/h8-11,17-18,22H,12-16H2,1-7H3,(H2,26,30). The van der Waals surface area contributed by atoms with Crippen molar-refractivity contribution >= 4 is 6.09 Å². The Bertz CT molecular complexity index is 872. The van der Waals surface area contributed by atoms with Gasteiger partial charge in [0.2, 0.25) is 0 Å². The van der Waals surface area contributed by atoms with Crippen LogP contribution in [-0.2, 0) is 22.6 Å². The lowest BCUT2D eigenvalue weighted by Crippen LogP contribution is -2.36. The molecule has 0 aliphatic heterocycles. The molecular weight excluding hydrogens is 420 g/mol. The number of hydrogen-bond donors (Lipinski definition) is 1. The third-order valence-electron chi connectivity index (χ3n) is 5.30. The van der Waals surface area contributed by atoms with Gasteiger partial charge in [0.25, 0.3) is 0 Å². The number of nitrogens with zero attached hydrogens (tertiary/aromatic N) is 3. The van der Waals surface area contributed by atoms with Crippen LogP contribution in [0.15, 0.2) is 30.5 Å². The highest BCUT2D eigenvalue weighted by atomic mass is 16.6. The van der Waals surface area contributed by atoms with Gasteiger partial charge < -0.3 is 24.8 Å². The summed E-state index contributed by atoms with van der Waals surface area (Å²) >= 11 is 0. The van der Waals surface area contributed by atoms with Gasteiger partial charge in [-0.3, -0.25) is 4.68 Å². The van der Waals surface area contributed by atoms with Crippen LogP contribution in [0.2, 0.25) is 0 Å². The number of aromatic nitrogens is 2. The van der Waals surface area contributed by atoms with Crippen molar-refractivity contribution in [3.63, 3.8) is 0 Å². The molecule has 0 saturated carbocycles. The molecule has 1 unspecified atom stereocenters. The van der Waals surface area contributed by atoms with Crippen LogP contribution < -0.4 is 10.5 Å². The van der Waals surface area contributed by atoms with Crippen molar-refractivity contribution in [3.05, 3.63) is 36.0 Å². The largest absolute Gasteiger partial charge is 0.491 e. The number of methoxy groups -OCH3 is 1. The van der Waals surface area contributed by atoms with Crippen molar-refractivity contribution in [2.45, 2.75) is 66.3 Å². The fraction of sp³-hybridized carbons (Fsp3) is 0.600. The van der Waals surface area contributed by atoms with Crippen LogP contribution in [0.5, 0.6) is 5.75 Å². The fourth-order valence-corrected chi connectivity index (χ4v) is 3.60. The third-order valence-corrected chi connectivity index (χ3v) is 5.30. The molecule has 0 radical (unpaired) electrons. The van der Waals surface area contributed by atoms with Crippen LogP contribution in [-0.4, -0.2) is 60.3 Å². The van der Waals surface area contributed by atoms with Crippen LogP contribution in [0.1, 0.15) is 46.6 Å². The van der Waals surface area contributed by atoms with Crippen LogP contribution >= 0.6 is 0 Å². The summed E-state index contributed by atoms with van der Waals surface area (Å²) in [6, 6.07) is 8.04. The van der Waals surface area contributed by atoms with Gasteiger partial charge in [-0.2, -0.15) is 5.10 Å². The molecule has 0 saturated heterocycles. The van der Waals surface area contributed by atoms with Crippen LogP contribution in [0.25, 0.3) is 11.3 Å². The lowest BCUT2D eigenvalue weighted by atomic mass is 9.87. The molecule has 0 bridgehead atoms. The van der Waals surface area contributed by atoms with Gasteiger partial charge in [-0.25, -0.2) is 4.79 Å². The molecule has 0 aliphatic rings. The SMILES string of the molecule is COCCn1cc(CN(C)CCC(OC(N)=O)C(C)(C)C)c(-c2ccc(OC(C)C)cc2)n1. The lowest BCUT2D eigenvalue weighted by Gasteiger charge is -2.31. The van der Waals surface area contributed by atoms with E-state index in [1.165, 1.54) is 0 Å². The van der Waals surface area contributed by atoms with E-state index in [4.69, 9.17) is 25.0 Å². The van der Waals surface area contributed by atoms with E-state index in [0.717, 1.165) is 29.1 Å². The summed E-state index contributed by atoms with van der Waals surface area (Å²) in [5, 5.41) is 4.82. The molecule has 1 aromatic heterocycles. The first-order valence-corrected chi connectivity index (χ1v) is 11.5. The van der Waals surface area contributed by atoms with Gasteiger partial charge in [0.05, 0.1) is 24.9 Å². The second-order valence-corrected chi connectivity index (χ2v) is 9.77. The highest BCUT2D eigenvalue weighted by Crippen LogP contribution is 2.28. The monoisotopic (exact) mass is 460 g/mol. The maximum atomic E-state index is 11.3. The molecule has 1 atom stereocenters. The summed E-state index contributed by atoms with van der Waals surface area (Å²) in [5.74, 6) is 0.842. The predicted molar refractivity (Wildman–Crippen MR) is 130 cm³/mol. The summed E-state index contributed by atoms with van der Waals surface area (Å²) in [5.41, 5.74) is 8.19. The van der Waals surface area contributed by atoms with Crippen molar-refractivity contribution in [2.75, 3.05) is 27.3 Å². The van der Waals surface area contributed by atoms with Crippen LogP contribution in [0.3, 0.4) is 0 Å². The molecule has 2 rings (SSSR count). The summed E-state index contributed by atoms with van der Waals surface area (Å²) in [7, 11) is 3.74. The van der Waals surface area contributed by atoms with Crippen molar-refractivity contribution < 1.29 is 19.0 Å². The molecule has 1 amide bonds.